The molecule has 1 heterocycles. The summed E-state index contributed by atoms with van der Waals surface area (Å²) in [6.07, 6.45) is 1.04. The van der Waals surface area contributed by atoms with E-state index in [9.17, 15) is 9.59 Å². The van der Waals surface area contributed by atoms with Crippen molar-refractivity contribution in [3.63, 3.8) is 0 Å². The van der Waals surface area contributed by atoms with Crippen LogP contribution < -0.4 is 5.32 Å². The summed E-state index contributed by atoms with van der Waals surface area (Å²) in [5.74, 6) is -1.03. The minimum Gasteiger partial charge on any atom is -0.481 e. The van der Waals surface area contributed by atoms with E-state index < -0.39 is 5.97 Å². The van der Waals surface area contributed by atoms with Crippen LogP contribution in [0.15, 0.2) is 40.2 Å². The third kappa shape index (κ3) is 5.48. The van der Waals surface area contributed by atoms with Gasteiger partial charge in [0.2, 0.25) is 0 Å². The molecule has 1 unspecified atom stereocenters. The van der Waals surface area contributed by atoms with E-state index in [2.05, 4.69) is 21.2 Å². The Morgan fingerprint density at radius 1 is 1.30 bits per heavy atom. The summed E-state index contributed by atoms with van der Waals surface area (Å²) in [7, 11) is 0. The Morgan fingerprint density at radius 2 is 2.00 bits per heavy atom. The molecule has 122 valence electrons. The second-order valence-corrected chi connectivity index (χ2v) is 7.91. The zero-order valence-electron chi connectivity index (χ0n) is 12.7. The number of hydrogen-bond donors (Lipinski definition) is 2. The van der Waals surface area contributed by atoms with Crippen LogP contribution in [-0.2, 0) is 11.2 Å². The largest absolute Gasteiger partial charge is 0.481 e. The molecule has 6 heteroatoms. The lowest BCUT2D eigenvalue weighted by molar-refractivity contribution is -0.137. The first kappa shape index (κ1) is 17.7. The molecule has 1 aromatic heterocycles. The Labute approximate surface area is 147 Å². The fourth-order valence-corrected chi connectivity index (χ4v) is 4.11. The fourth-order valence-electron chi connectivity index (χ4n) is 2.33. The van der Waals surface area contributed by atoms with Crippen molar-refractivity contribution in [3.05, 3.63) is 56.2 Å². The number of carboxylic acid groups (broad SMARTS) is 1. The Morgan fingerprint density at radius 3 is 2.57 bits per heavy atom. The van der Waals surface area contributed by atoms with Crippen molar-refractivity contribution in [2.75, 3.05) is 0 Å². The van der Waals surface area contributed by atoms with Crippen molar-refractivity contribution in [1.82, 2.24) is 5.32 Å². The number of carbonyl (C=O) groups is 2. The number of amides is 1. The van der Waals surface area contributed by atoms with Crippen LogP contribution in [0.1, 0.15) is 33.6 Å². The molecule has 0 saturated heterocycles. The number of benzene rings is 1. The minimum absolute atomic E-state index is 0.0294. The van der Waals surface area contributed by atoms with Gasteiger partial charge in [-0.15, -0.1) is 11.3 Å². The third-order valence-corrected chi connectivity index (χ3v) is 5.17. The van der Waals surface area contributed by atoms with Crippen LogP contribution in [0.4, 0.5) is 0 Å². The highest BCUT2D eigenvalue weighted by Gasteiger charge is 2.18. The van der Waals surface area contributed by atoms with Crippen LogP contribution in [0, 0.1) is 6.92 Å². The number of aliphatic carboxylic acids is 1. The lowest BCUT2D eigenvalue weighted by Crippen LogP contribution is -2.36. The van der Waals surface area contributed by atoms with Gasteiger partial charge >= 0.3 is 5.97 Å². The van der Waals surface area contributed by atoms with Crippen molar-refractivity contribution in [2.45, 2.75) is 32.2 Å². The molecule has 0 radical (unpaired) electrons. The van der Waals surface area contributed by atoms with Crippen LogP contribution in [0.5, 0.6) is 0 Å². The Kier molecular flexibility index (Phi) is 6.36. The predicted octanol–water partition coefficient (Wildman–Crippen LogP) is 4.02. The topological polar surface area (TPSA) is 66.4 Å². The van der Waals surface area contributed by atoms with E-state index in [-0.39, 0.29) is 18.4 Å². The smallest absolute Gasteiger partial charge is 0.303 e. The van der Waals surface area contributed by atoms with Gasteiger partial charge in [0.25, 0.3) is 5.91 Å². The summed E-state index contributed by atoms with van der Waals surface area (Å²) < 4.78 is 0.796. The van der Waals surface area contributed by atoms with Gasteiger partial charge in [0, 0.05) is 17.3 Å². The van der Waals surface area contributed by atoms with E-state index in [1.54, 1.807) is 0 Å². The molecule has 1 aromatic carbocycles. The van der Waals surface area contributed by atoms with Gasteiger partial charge in [-0.3, -0.25) is 9.59 Å². The fraction of sp³-hybridized carbons (Fsp3) is 0.294. The summed E-state index contributed by atoms with van der Waals surface area (Å²) in [5.41, 5.74) is 1.67. The highest BCUT2D eigenvalue weighted by Crippen LogP contribution is 2.27. The molecule has 0 aliphatic heterocycles. The van der Waals surface area contributed by atoms with E-state index >= 15 is 0 Å². The van der Waals surface area contributed by atoms with E-state index in [4.69, 9.17) is 5.11 Å². The monoisotopic (exact) mass is 395 g/mol. The highest BCUT2D eigenvalue weighted by molar-refractivity contribution is 9.11. The summed E-state index contributed by atoms with van der Waals surface area (Å²) in [6, 6.07) is 11.4. The Hall–Kier alpha value is -1.66. The van der Waals surface area contributed by atoms with Gasteiger partial charge in [-0.2, -0.15) is 0 Å². The molecule has 0 aliphatic rings. The average Bonchev–Trinajstić information content (AvgIpc) is 2.84. The Balaban J connectivity index is 2.08. The average molecular weight is 396 g/mol. The molecule has 2 rings (SSSR count). The molecule has 0 saturated carbocycles. The molecule has 0 fully saturated rings. The van der Waals surface area contributed by atoms with Crippen LogP contribution in [-0.4, -0.2) is 23.0 Å². The van der Waals surface area contributed by atoms with Crippen molar-refractivity contribution in [1.29, 1.82) is 0 Å². The van der Waals surface area contributed by atoms with Gasteiger partial charge in [-0.1, -0.05) is 30.3 Å². The molecule has 2 N–H and O–H groups in total. The van der Waals surface area contributed by atoms with E-state index in [0.29, 0.717) is 18.4 Å². The van der Waals surface area contributed by atoms with Gasteiger partial charge in [0.1, 0.15) is 0 Å². The van der Waals surface area contributed by atoms with Crippen LogP contribution in [0.3, 0.4) is 0 Å². The summed E-state index contributed by atoms with van der Waals surface area (Å²) in [5, 5.41) is 11.9. The second-order valence-electron chi connectivity index (χ2n) is 5.34. The van der Waals surface area contributed by atoms with Crippen molar-refractivity contribution >= 4 is 39.1 Å². The van der Waals surface area contributed by atoms with Crippen molar-refractivity contribution in [2.24, 2.45) is 0 Å². The maximum absolute atomic E-state index is 12.4. The molecule has 0 spiro atoms. The standard InChI is InChI=1S/C17H18BrNO3S/c1-11-9-14(16(18)23-11)17(22)19-13(7-8-15(20)21)10-12-5-3-2-4-6-12/h2-6,9,13H,7-8,10H2,1H3,(H,19,22)(H,20,21). The lowest BCUT2D eigenvalue weighted by Gasteiger charge is -2.18. The molecule has 1 amide bonds. The first-order valence-electron chi connectivity index (χ1n) is 7.28. The molecule has 23 heavy (non-hydrogen) atoms. The summed E-state index contributed by atoms with van der Waals surface area (Å²) in [4.78, 5) is 24.3. The maximum Gasteiger partial charge on any atom is 0.303 e. The SMILES string of the molecule is Cc1cc(C(=O)NC(CCC(=O)O)Cc2ccccc2)c(Br)s1. The van der Waals surface area contributed by atoms with Crippen LogP contribution >= 0.6 is 27.3 Å². The lowest BCUT2D eigenvalue weighted by atomic mass is 10.0. The number of nitrogens with one attached hydrogen (secondary N) is 1. The van der Waals surface area contributed by atoms with E-state index in [1.165, 1.54) is 11.3 Å². The number of thiophene rings is 1. The molecule has 0 aliphatic carbocycles. The summed E-state index contributed by atoms with van der Waals surface area (Å²) in [6.45, 7) is 1.94. The number of carboxylic acids is 1. The third-order valence-electron chi connectivity index (χ3n) is 3.42. The van der Waals surface area contributed by atoms with Gasteiger partial charge in [0.05, 0.1) is 9.35 Å². The quantitative estimate of drug-likeness (QED) is 0.743. The highest BCUT2D eigenvalue weighted by atomic mass is 79.9. The molecule has 1 atom stereocenters. The molecule has 4 nitrogen and oxygen atoms in total. The first-order valence-corrected chi connectivity index (χ1v) is 8.89. The van der Waals surface area contributed by atoms with Crippen LogP contribution in [0.25, 0.3) is 0 Å². The first-order chi connectivity index (χ1) is 11.0. The molecule has 0 bridgehead atoms. The number of carbonyl (C=O) groups excluding carboxylic acids is 1. The number of rotatable bonds is 7. The molecule has 2 aromatic rings. The maximum atomic E-state index is 12.4. The number of aryl methyl sites for hydroxylation is 1. The minimum atomic E-state index is -0.857. The van der Waals surface area contributed by atoms with Gasteiger partial charge in [0.15, 0.2) is 0 Å². The van der Waals surface area contributed by atoms with Gasteiger partial charge < -0.3 is 10.4 Å². The van der Waals surface area contributed by atoms with Crippen LogP contribution in [0.2, 0.25) is 0 Å². The molecular formula is C17H18BrNO3S. The second kappa shape index (κ2) is 8.26. The Bertz CT molecular complexity index is 684. The summed E-state index contributed by atoms with van der Waals surface area (Å²) >= 11 is 4.91. The van der Waals surface area contributed by atoms with E-state index in [0.717, 1.165) is 14.2 Å². The zero-order valence-corrected chi connectivity index (χ0v) is 15.1. The van der Waals surface area contributed by atoms with Crippen molar-refractivity contribution in [3.8, 4) is 0 Å². The number of hydrogen-bond acceptors (Lipinski definition) is 3. The van der Waals surface area contributed by atoms with Gasteiger partial charge in [-0.05, 0) is 47.3 Å². The predicted molar refractivity (Wildman–Crippen MR) is 95.0 cm³/mol. The van der Waals surface area contributed by atoms with Crippen molar-refractivity contribution < 1.29 is 14.7 Å². The molecular weight excluding hydrogens is 378 g/mol. The normalized spacial score (nSPS) is 11.9. The number of halogens is 1. The van der Waals surface area contributed by atoms with Gasteiger partial charge in [-0.25, -0.2) is 0 Å². The zero-order chi connectivity index (χ0) is 16.8. The van der Waals surface area contributed by atoms with E-state index in [1.807, 2.05) is 43.3 Å².